The van der Waals surface area contributed by atoms with Gasteiger partial charge in [-0.1, -0.05) is 12.0 Å². The standard InChI is InChI=1S/C8H9F/c1-4-6-8(5-2)7(3)9/h2,4,6H,1,3H3. The quantitative estimate of drug-likeness (QED) is 0.372. The molecule has 0 heterocycles. The smallest absolute Gasteiger partial charge is 0.112 e. The molecule has 0 aliphatic carbocycles. The summed E-state index contributed by atoms with van der Waals surface area (Å²) in [6.45, 7) is 3.13. The first-order valence-electron chi connectivity index (χ1n) is 2.68. The van der Waals surface area contributed by atoms with Crippen LogP contribution in [0.5, 0.6) is 0 Å². The van der Waals surface area contributed by atoms with Crippen LogP contribution in [-0.2, 0) is 0 Å². The summed E-state index contributed by atoms with van der Waals surface area (Å²) < 4.78 is 12.2. The fraction of sp³-hybridized carbons (Fsp3) is 0.250. The van der Waals surface area contributed by atoms with Gasteiger partial charge < -0.3 is 0 Å². The highest BCUT2D eigenvalue weighted by Crippen LogP contribution is 2.04. The Labute approximate surface area is 55.1 Å². The number of terminal acetylenes is 1. The van der Waals surface area contributed by atoms with Crippen molar-refractivity contribution in [2.45, 2.75) is 13.8 Å². The van der Waals surface area contributed by atoms with Gasteiger partial charge in [-0.3, -0.25) is 0 Å². The van der Waals surface area contributed by atoms with Crippen LogP contribution in [0.1, 0.15) is 13.8 Å². The van der Waals surface area contributed by atoms with E-state index in [2.05, 4.69) is 5.92 Å². The summed E-state index contributed by atoms with van der Waals surface area (Å²) in [6, 6.07) is 0. The molecule has 0 saturated carbocycles. The van der Waals surface area contributed by atoms with E-state index in [1.54, 1.807) is 19.1 Å². The lowest BCUT2D eigenvalue weighted by Crippen LogP contribution is -1.73. The average molecular weight is 124 g/mol. The van der Waals surface area contributed by atoms with E-state index in [0.29, 0.717) is 5.57 Å². The summed E-state index contributed by atoms with van der Waals surface area (Å²) in [4.78, 5) is 0. The molecule has 48 valence electrons. The maximum Gasteiger partial charge on any atom is 0.112 e. The van der Waals surface area contributed by atoms with Crippen LogP contribution in [0.15, 0.2) is 23.6 Å². The van der Waals surface area contributed by atoms with E-state index in [9.17, 15) is 4.39 Å². The van der Waals surface area contributed by atoms with Crippen LogP contribution < -0.4 is 0 Å². The first-order valence-corrected chi connectivity index (χ1v) is 2.68. The van der Waals surface area contributed by atoms with E-state index in [0.717, 1.165) is 0 Å². The molecule has 0 N–H and O–H groups in total. The van der Waals surface area contributed by atoms with E-state index >= 15 is 0 Å². The Morgan fingerprint density at radius 3 is 2.33 bits per heavy atom. The van der Waals surface area contributed by atoms with Gasteiger partial charge in [-0.25, -0.2) is 4.39 Å². The van der Waals surface area contributed by atoms with E-state index in [-0.39, 0.29) is 5.83 Å². The molecule has 0 aliphatic heterocycles. The predicted molar refractivity (Wildman–Crippen MR) is 37.5 cm³/mol. The van der Waals surface area contributed by atoms with Crippen LogP contribution in [0.25, 0.3) is 0 Å². The third-order valence-corrected chi connectivity index (χ3v) is 0.860. The lowest BCUT2D eigenvalue weighted by molar-refractivity contribution is 0.636. The van der Waals surface area contributed by atoms with Crippen molar-refractivity contribution in [1.29, 1.82) is 0 Å². The molecular formula is C8H9F. The maximum atomic E-state index is 12.2. The lowest BCUT2D eigenvalue weighted by atomic mass is 10.2. The molecule has 0 unspecified atom stereocenters. The first kappa shape index (κ1) is 7.97. The predicted octanol–water partition coefficient (Wildman–Crippen LogP) is 2.44. The van der Waals surface area contributed by atoms with Crippen molar-refractivity contribution in [3.05, 3.63) is 23.6 Å². The van der Waals surface area contributed by atoms with Gasteiger partial charge in [-0.05, 0) is 19.9 Å². The number of hydrogen-bond acceptors (Lipinski definition) is 0. The lowest BCUT2D eigenvalue weighted by Gasteiger charge is -1.87. The summed E-state index contributed by atoms with van der Waals surface area (Å²) in [5, 5.41) is 0. The minimum atomic E-state index is -0.310. The molecule has 0 amide bonds. The molecule has 0 aromatic heterocycles. The van der Waals surface area contributed by atoms with Crippen molar-refractivity contribution in [2.75, 3.05) is 0 Å². The molecule has 0 atom stereocenters. The molecule has 0 aromatic rings. The highest BCUT2D eigenvalue weighted by atomic mass is 19.1. The Morgan fingerprint density at radius 1 is 1.67 bits per heavy atom. The molecule has 1 heteroatoms. The normalized spacial score (nSPS) is 13.1. The van der Waals surface area contributed by atoms with Gasteiger partial charge in [0.1, 0.15) is 5.83 Å². The van der Waals surface area contributed by atoms with Crippen molar-refractivity contribution < 1.29 is 4.39 Å². The maximum absolute atomic E-state index is 12.2. The second-order valence-corrected chi connectivity index (χ2v) is 1.59. The van der Waals surface area contributed by atoms with Gasteiger partial charge in [0.05, 0.1) is 5.57 Å². The van der Waals surface area contributed by atoms with Gasteiger partial charge in [0.15, 0.2) is 0 Å². The van der Waals surface area contributed by atoms with Crippen molar-refractivity contribution in [1.82, 2.24) is 0 Å². The molecule has 0 spiro atoms. The van der Waals surface area contributed by atoms with Crippen molar-refractivity contribution in [3.8, 4) is 12.3 Å². The molecule has 9 heavy (non-hydrogen) atoms. The summed E-state index contributed by atoms with van der Waals surface area (Å²) in [5.74, 6) is 1.91. The van der Waals surface area contributed by atoms with E-state index in [4.69, 9.17) is 6.42 Å². The number of halogens is 1. The van der Waals surface area contributed by atoms with Crippen LogP contribution in [-0.4, -0.2) is 0 Å². The average Bonchev–Trinajstić information content (AvgIpc) is 1.82. The molecule has 0 rings (SSSR count). The van der Waals surface area contributed by atoms with Gasteiger partial charge in [0, 0.05) is 0 Å². The highest BCUT2D eigenvalue weighted by molar-refractivity contribution is 5.37. The van der Waals surface area contributed by atoms with Crippen LogP contribution in [0.3, 0.4) is 0 Å². The number of hydrogen-bond donors (Lipinski definition) is 0. The summed E-state index contributed by atoms with van der Waals surface area (Å²) >= 11 is 0. The molecule has 0 aromatic carbocycles. The third-order valence-electron chi connectivity index (χ3n) is 0.860. The van der Waals surface area contributed by atoms with Gasteiger partial charge in [-0.2, -0.15) is 0 Å². The monoisotopic (exact) mass is 124 g/mol. The van der Waals surface area contributed by atoms with Crippen molar-refractivity contribution in [3.63, 3.8) is 0 Å². The fourth-order valence-electron chi connectivity index (χ4n) is 0.429. The van der Waals surface area contributed by atoms with E-state index in [1.807, 2.05) is 0 Å². The Morgan fingerprint density at radius 2 is 2.22 bits per heavy atom. The van der Waals surface area contributed by atoms with Gasteiger partial charge >= 0.3 is 0 Å². The second kappa shape index (κ2) is 3.91. The van der Waals surface area contributed by atoms with Crippen molar-refractivity contribution >= 4 is 0 Å². The van der Waals surface area contributed by atoms with Crippen LogP contribution in [0.2, 0.25) is 0 Å². The molecule has 0 nitrogen and oxygen atoms in total. The van der Waals surface area contributed by atoms with Gasteiger partial charge in [0.2, 0.25) is 0 Å². The number of allylic oxidation sites excluding steroid dienone is 4. The largest absolute Gasteiger partial charge is 0.211 e. The second-order valence-electron chi connectivity index (χ2n) is 1.59. The first-order chi connectivity index (χ1) is 4.22. The zero-order valence-corrected chi connectivity index (χ0v) is 5.61. The molecule has 0 bridgehead atoms. The van der Waals surface area contributed by atoms with E-state index in [1.165, 1.54) is 6.92 Å². The topological polar surface area (TPSA) is 0 Å². The van der Waals surface area contributed by atoms with Crippen LogP contribution >= 0.6 is 0 Å². The molecule has 0 saturated heterocycles. The van der Waals surface area contributed by atoms with Crippen LogP contribution in [0.4, 0.5) is 4.39 Å². The molecule has 0 fully saturated rings. The fourth-order valence-corrected chi connectivity index (χ4v) is 0.429. The van der Waals surface area contributed by atoms with Gasteiger partial charge in [-0.15, -0.1) is 6.42 Å². The zero-order chi connectivity index (χ0) is 7.28. The summed E-state index contributed by atoms with van der Waals surface area (Å²) in [6.07, 6.45) is 8.23. The summed E-state index contributed by atoms with van der Waals surface area (Å²) in [5.41, 5.74) is 0.317. The third kappa shape index (κ3) is 2.71. The SMILES string of the molecule is C#CC(C=CC)=C(C)F. The Bertz CT molecular complexity index is 175. The van der Waals surface area contributed by atoms with Crippen LogP contribution in [0, 0.1) is 12.3 Å². The Kier molecular flexibility index (Phi) is 3.46. The Hall–Kier alpha value is -1.03. The summed E-state index contributed by atoms with van der Waals surface area (Å²) in [7, 11) is 0. The number of rotatable bonds is 1. The van der Waals surface area contributed by atoms with Crippen molar-refractivity contribution in [2.24, 2.45) is 0 Å². The Balaban J connectivity index is 4.41. The minimum Gasteiger partial charge on any atom is -0.211 e. The molecular weight excluding hydrogens is 115 g/mol. The minimum absolute atomic E-state index is 0.310. The van der Waals surface area contributed by atoms with Gasteiger partial charge in [0.25, 0.3) is 0 Å². The highest BCUT2D eigenvalue weighted by Gasteiger charge is 1.89. The van der Waals surface area contributed by atoms with E-state index < -0.39 is 0 Å². The molecule has 0 aliphatic rings. The molecule has 0 radical (unpaired) electrons. The zero-order valence-electron chi connectivity index (χ0n) is 5.61.